The first-order chi connectivity index (χ1) is 30.2. The number of rotatable bonds is 8. The molecule has 0 atom stereocenters. The smallest absolute Gasteiger partial charge is 0.350 e. The highest BCUT2D eigenvalue weighted by Gasteiger charge is 2.41. The molecule has 4 heterocycles. The molecule has 300 valence electrons. The quantitative estimate of drug-likeness (QED) is 0.0625. The van der Waals surface area contributed by atoms with E-state index in [1.54, 1.807) is 86.6 Å². The molecule has 0 aliphatic carbocycles. The van der Waals surface area contributed by atoms with Gasteiger partial charge in [-0.15, -0.1) is 0 Å². The Hall–Kier alpha value is -7.68. The zero-order chi connectivity index (χ0) is 42.6. The van der Waals surface area contributed by atoms with E-state index in [-0.39, 0.29) is 55.5 Å². The standard InChI is InChI=1S/C48H28N4O8S2/c1-3-59-45(57)39-37(23-11-7-5-8-12-23)49-47(61-39)51-41(53)29-19-15-25-27-17-21-31-36-32(22-18-28(34(27)36)26-16-20-30(42(51)54)35(29)33(25)26)44(56)52(43(31)55)48-50-38(24-13-9-6-10-14-24)40(62-48)46(58)60-4-2/h5-22H,3-4H2,1-2H3. The fraction of sp³-hybridized carbons (Fsp3) is 0.0833. The van der Waals surface area contributed by atoms with Crippen molar-refractivity contribution in [1.29, 1.82) is 0 Å². The minimum atomic E-state index is -0.607. The summed E-state index contributed by atoms with van der Waals surface area (Å²) in [6.07, 6.45) is 0. The lowest BCUT2D eigenvalue weighted by atomic mass is 9.82. The van der Waals surface area contributed by atoms with Gasteiger partial charge in [-0.1, -0.05) is 108 Å². The SMILES string of the molecule is CCOC(=O)c1sc(N2C(=O)c3ccc4c5ccc6c7c(ccc(c8ccc(c3c48)C2=O)c75)C(=O)N(c2nc(-c3ccccc3)c(C(=O)OCC)s2)C6=O)nc1-c1ccccc1. The highest BCUT2D eigenvalue weighted by Crippen LogP contribution is 2.48. The van der Waals surface area contributed by atoms with Crippen LogP contribution in [-0.4, -0.2) is 58.7 Å². The van der Waals surface area contributed by atoms with Crippen molar-refractivity contribution in [3.63, 3.8) is 0 Å². The fourth-order valence-electron chi connectivity index (χ4n) is 8.68. The van der Waals surface area contributed by atoms with Crippen molar-refractivity contribution in [3.8, 4) is 22.5 Å². The third-order valence-corrected chi connectivity index (χ3v) is 13.3. The number of anilines is 2. The molecule has 0 saturated carbocycles. The van der Waals surface area contributed by atoms with E-state index in [1.165, 1.54) is 0 Å². The number of carbonyl (C=O) groups is 6. The maximum Gasteiger partial charge on any atom is 0.350 e. The third kappa shape index (κ3) is 5.23. The Morgan fingerprint density at radius 3 is 1.10 bits per heavy atom. The Morgan fingerprint density at radius 1 is 0.468 bits per heavy atom. The number of aromatic nitrogens is 2. The van der Waals surface area contributed by atoms with Gasteiger partial charge in [0.2, 0.25) is 10.3 Å². The van der Waals surface area contributed by atoms with E-state index in [9.17, 15) is 28.8 Å². The summed E-state index contributed by atoms with van der Waals surface area (Å²) in [7, 11) is 0. The van der Waals surface area contributed by atoms with Gasteiger partial charge in [-0.05, 0) is 70.4 Å². The number of amides is 4. The van der Waals surface area contributed by atoms with E-state index in [1.807, 2.05) is 36.4 Å². The lowest BCUT2D eigenvalue weighted by molar-refractivity contribution is 0.0523. The number of benzene rings is 7. The molecule has 9 aromatic rings. The van der Waals surface area contributed by atoms with Crippen molar-refractivity contribution in [2.45, 2.75) is 13.8 Å². The average Bonchev–Trinajstić information content (AvgIpc) is 3.94. The van der Waals surface area contributed by atoms with E-state index >= 15 is 0 Å². The van der Waals surface area contributed by atoms with Gasteiger partial charge < -0.3 is 9.47 Å². The predicted molar refractivity (Wildman–Crippen MR) is 237 cm³/mol. The molecule has 4 amide bonds. The summed E-state index contributed by atoms with van der Waals surface area (Å²) in [5.41, 5.74) is 3.01. The second-order valence-corrected chi connectivity index (χ2v) is 16.5. The zero-order valence-corrected chi connectivity index (χ0v) is 34.3. The van der Waals surface area contributed by atoms with E-state index < -0.39 is 35.6 Å². The van der Waals surface area contributed by atoms with Crippen LogP contribution in [0.3, 0.4) is 0 Å². The van der Waals surface area contributed by atoms with E-state index in [0.29, 0.717) is 44.1 Å². The Morgan fingerprint density at radius 2 is 0.790 bits per heavy atom. The third-order valence-electron chi connectivity index (χ3n) is 11.3. The van der Waals surface area contributed by atoms with Gasteiger partial charge in [-0.3, -0.25) is 19.2 Å². The fourth-order valence-corrected chi connectivity index (χ4v) is 10.6. The van der Waals surface area contributed by atoms with Crippen molar-refractivity contribution in [3.05, 3.63) is 141 Å². The second kappa shape index (κ2) is 13.9. The maximum atomic E-state index is 14.5. The lowest BCUT2D eigenvalue weighted by Crippen LogP contribution is -2.40. The van der Waals surface area contributed by atoms with Gasteiger partial charge in [0.25, 0.3) is 23.6 Å². The van der Waals surface area contributed by atoms with E-state index in [4.69, 9.17) is 9.47 Å². The van der Waals surface area contributed by atoms with E-state index in [2.05, 4.69) is 9.97 Å². The summed E-state index contributed by atoms with van der Waals surface area (Å²) in [6, 6.07) is 32.1. The van der Waals surface area contributed by atoms with E-state index in [0.717, 1.165) is 54.0 Å². The van der Waals surface area contributed by atoms with Crippen molar-refractivity contribution < 1.29 is 38.2 Å². The molecule has 11 rings (SSSR count). The molecule has 12 nitrogen and oxygen atoms in total. The molecule has 0 N–H and O–H groups in total. The lowest BCUT2D eigenvalue weighted by Gasteiger charge is -2.28. The van der Waals surface area contributed by atoms with Gasteiger partial charge in [0.05, 0.1) is 24.6 Å². The minimum absolute atomic E-state index is 0.0418. The van der Waals surface area contributed by atoms with Gasteiger partial charge in [-0.25, -0.2) is 29.4 Å². The number of hydrogen-bond acceptors (Lipinski definition) is 12. The normalized spacial score (nSPS) is 13.6. The van der Waals surface area contributed by atoms with Gasteiger partial charge in [-0.2, -0.15) is 0 Å². The molecular formula is C48H28N4O8S2. The molecule has 0 radical (unpaired) electrons. The van der Waals surface area contributed by atoms with Crippen LogP contribution in [0.5, 0.6) is 0 Å². The van der Waals surface area contributed by atoms with Crippen LogP contribution in [0.1, 0.15) is 74.6 Å². The molecular weight excluding hydrogens is 825 g/mol. The van der Waals surface area contributed by atoms with Crippen molar-refractivity contribution in [1.82, 2.24) is 9.97 Å². The number of carbonyl (C=O) groups excluding carboxylic acids is 6. The number of nitrogens with zero attached hydrogens (tertiary/aromatic N) is 4. The van der Waals surface area contributed by atoms with Crippen LogP contribution in [-0.2, 0) is 9.47 Å². The number of esters is 2. The van der Waals surface area contributed by atoms with Crippen LogP contribution in [0, 0.1) is 0 Å². The minimum Gasteiger partial charge on any atom is -0.462 e. The summed E-state index contributed by atoms with van der Waals surface area (Å²) in [5, 5.41) is 5.32. The summed E-state index contributed by atoms with van der Waals surface area (Å²) in [4.78, 5) is 96.0. The van der Waals surface area contributed by atoms with Crippen LogP contribution >= 0.6 is 22.7 Å². The van der Waals surface area contributed by atoms with Crippen molar-refractivity contribution in [2.24, 2.45) is 0 Å². The first-order valence-corrected chi connectivity index (χ1v) is 21.3. The summed E-state index contributed by atoms with van der Waals surface area (Å²) in [5.74, 6) is -3.58. The molecule has 14 heteroatoms. The highest BCUT2D eigenvalue weighted by molar-refractivity contribution is 7.18. The molecule has 62 heavy (non-hydrogen) atoms. The summed E-state index contributed by atoms with van der Waals surface area (Å²) in [6.45, 7) is 3.66. The number of thiazole rings is 2. The highest BCUT2D eigenvalue weighted by atomic mass is 32.1. The average molecular weight is 853 g/mol. The molecule has 2 aliphatic rings. The number of hydrogen-bond donors (Lipinski definition) is 0. The van der Waals surface area contributed by atoms with Crippen LogP contribution < -0.4 is 9.80 Å². The monoisotopic (exact) mass is 852 g/mol. The topological polar surface area (TPSA) is 153 Å². The molecule has 2 aliphatic heterocycles. The molecule has 0 saturated heterocycles. The molecule has 7 aromatic carbocycles. The predicted octanol–water partition coefficient (Wildman–Crippen LogP) is 9.94. The Kier molecular flexibility index (Phi) is 8.39. The van der Waals surface area contributed by atoms with Crippen molar-refractivity contribution in [2.75, 3.05) is 23.0 Å². The van der Waals surface area contributed by atoms with Gasteiger partial charge in [0.1, 0.15) is 9.75 Å². The molecule has 2 aromatic heterocycles. The second-order valence-electron chi connectivity index (χ2n) is 14.6. The summed E-state index contributed by atoms with van der Waals surface area (Å²) >= 11 is 1.84. The first-order valence-electron chi connectivity index (χ1n) is 19.6. The molecule has 0 fully saturated rings. The summed E-state index contributed by atoms with van der Waals surface area (Å²) < 4.78 is 10.7. The Bertz CT molecular complexity index is 3120. The number of fused-ring (bicyclic) bond motifs is 2. The van der Waals surface area contributed by atoms with Gasteiger partial charge in [0.15, 0.2) is 0 Å². The largest absolute Gasteiger partial charge is 0.462 e. The first kappa shape index (κ1) is 37.3. The van der Waals surface area contributed by atoms with Gasteiger partial charge in [0, 0.05) is 44.2 Å². The maximum absolute atomic E-state index is 14.5. The zero-order valence-electron chi connectivity index (χ0n) is 32.7. The Labute approximate surface area is 358 Å². The number of ether oxygens (including phenoxy) is 2. The van der Waals surface area contributed by atoms with Gasteiger partial charge >= 0.3 is 11.9 Å². The van der Waals surface area contributed by atoms with Crippen LogP contribution in [0.15, 0.2) is 109 Å². The molecule has 0 bridgehead atoms. The Balaban J connectivity index is 1.04. The molecule has 0 spiro atoms. The van der Waals surface area contributed by atoms with Crippen LogP contribution in [0.25, 0.3) is 65.6 Å². The van der Waals surface area contributed by atoms with Crippen molar-refractivity contribution >= 4 is 112 Å². The number of imide groups is 2. The van der Waals surface area contributed by atoms with Crippen LogP contribution in [0.4, 0.5) is 10.3 Å². The molecule has 0 unspecified atom stereocenters. The van der Waals surface area contributed by atoms with Crippen LogP contribution in [0.2, 0.25) is 0 Å².